The van der Waals surface area contributed by atoms with Crippen LogP contribution < -0.4 is 5.32 Å². The Hall–Kier alpha value is -2.37. The smallest absolute Gasteiger partial charge is 0.174 e. The highest BCUT2D eigenvalue weighted by molar-refractivity contribution is 7.80. The molecule has 0 bridgehead atoms. The van der Waals surface area contributed by atoms with Crippen molar-refractivity contribution >= 4 is 34.6 Å². The van der Waals surface area contributed by atoms with Crippen LogP contribution in [-0.4, -0.2) is 21.1 Å². The summed E-state index contributed by atoms with van der Waals surface area (Å²) in [5.74, 6) is -0.292. The van der Waals surface area contributed by atoms with Gasteiger partial charge in [-0.15, -0.1) is 0 Å². The van der Waals surface area contributed by atoms with E-state index in [9.17, 15) is 4.39 Å². The number of anilines is 1. The van der Waals surface area contributed by atoms with E-state index in [0.717, 1.165) is 18.7 Å². The van der Waals surface area contributed by atoms with Gasteiger partial charge in [0.05, 0.1) is 6.04 Å². The van der Waals surface area contributed by atoms with Crippen molar-refractivity contribution in [3.05, 3.63) is 89.0 Å². The lowest BCUT2D eigenvalue weighted by Crippen LogP contribution is -2.44. The fourth-order valence-corrected chi connectivity index (χ4v) is 3.80. The number of aromatic nitrogens is 1. The highest BCUT2D eigenvalue weighted by Gasteiger charge is 2.30. The van der Waals surface area contributed by atoms with Crippen LogP contribution in [0.15, 0.2) is 66.9 Å². The lowest BCUT2D eigenvalue weighted by Gasteiger charge is -2.39. The summed E-state index contributed by atoms with van der Waals surface area (Å²) in [6.45, 7) is 1.60. The van der Waals surface area contributed by atoms with Crippen molar-refractivity contribution in [1.29, 1.82) is 0 Å². The Morgan fingerprint density at radius 1 is 1.08 bits per heavy atom. The molecule has 0 spiro atoms. The SMILES string of the molecule is Fc1cccc(NC(=S)N2CCn3cccc3[C@@H]2c2ccc(Cl)cc2)c1. The van der Waals surface area contributed by atoms with Crippen LogP contribution in [0.4, 0.5) is 10.1 Å². The molecule has 2 aromatic carbocycles. The highest BCUT2D eigenvalue weighted by atomic mass is 35.5. The second-order valence-electron chi connectivity index (χ2n) is 6.21. The van der Waals surface area contributed by atoms with Crippen LogP contribution in [0.25, 0.3) is 0 Å². The molecule has 0 aliphatic carbocycles. The Balaban J connectivity index is 1.67. The molecule has 1 N–H and O–H groups in total. The Morgan fingerprint density at radius 3 is 2.65 bits per heavy atom. The molecule has 132 valence electrons. The Labute approximate surface area is 162 Å². The maximum atomic E-state index is 13.5. The normalized spacial score (nSPS) is 16.2. The number of hydrogen-bond donors (Lipinski definition) is 1. The first-order chi connectivity index (χ1) is 12.6. The van der Waals surface area contributed by atoms with Gasteiger partial charge in [0, 0.05) is 35.7 Å². The number of halogens is 2. The van der Waals surface area contributed by atoms with Gasteiger partial charge in [0.2, 0.25) is 0 Å². The van der Waals surface area contributed by atoms with Crippen LogP contribution in [0, 0.1) is 5.82 Å². The summed E-state index contributed by atoms with van der Waals surface area (Å²) in [4.78, 5) is 2.14. The molecule has 1 atom stereocenters. The first-order valence-corrected chi connectivity index (χ1v) is 9.14. The molecule has 0 unspecified atom stereocenters. The van der Waals surface area contributed by atoms with Crippen LogP contribution >= 0.6 is 23.8 Å². The maximum absolute atomic E-state index is 13.5. The summed E-state index contributed by atoms with van der Waals surface area (Å²) >= 11 is 11.7. The molecule has 2 heterocycles. The molecular weight excluding hydrogens is 369 g/mol. The Bertz CT molecular complexity index is 938. The van der Waals surface area contributed by atoms with Crippen molar-refractivity contribution in [1.82, 2.24) is 9.47 Å². The lowest BCUT2D eigenvalue weighted by molar-refractivity contribution is 0.293. The average molecular weight is 386 g/mol. The van der Waals surface area contributed by atoms with Crippen LogP contribution in [0.2, 0.25) is 5.02 Å². The van der Waals surface area contributed by atoms with Gasteiger partial charge in [0.1, 0.15) is 5.82 Å². The molecule has 1 aliphatic rings. The van der Waals surface area contributed by atoms with Crippen LogP contribution in [0.1, 0.15) is 17.3 Å². The standard InChI is InChI=1S/C20H17ClFN3S/c21-15-8-6-14(7-9-15)19-18-5-2-10-24(18)11-12-25(19)20(26)23-17-4-1-3-16(22)13-17/h1-10,13,19H,11-12H2,(H,23,26)/t19-/m0/s1. The number of benzene rings is 2. The number of nitrogens with one attached hydrogen (secondary N) is 1. The lowest BCUT2D eigenvalue weighted by atomic mass is 10.0. The predicted octanol–water partition coefficient (Wildman–Crippen LogP) is 5.08. The van der Waals surface area contributed by atoms with Crippen molar-refractivity contribution in [2.45, 2.75) is 12.6 Å². The highest BCUT2D eigenvalue weighted by Crippen LogP contribution is 2.33. The summed E-state index contributed by atoms with van der Waals surface area (Å²) in [6.07, 6.45) is 2.08. The van der Waals surface area contributed by atoms with E-state index in [0.29, 0.717) is 15.8 Å². The summed E-state index contributed by atoms with van der Waals surface area (Å²) in [6, 6.07) is 18.3. The number of thiocarbonyl (C=S) groups is 1. The number of nitrogens with zero attached hydrogens (tertiary/aromatic N) is 2. The fourth-order valence-electron chi connectivity index (χ4n) is 3.36. The molecule has 6 heteroatoms. The van der Waals surface area contributed by atoms with E-state index < -0.39 is 0 Å². The molecule has 0 saturated carbocycles. The van der Waals surface area contributed by atoms with Gasteiger partial charge in [-0.2, -0.15) is 0 Å². The topological polar surface area (TPSA) is 20.2 Å². The first kappa shape index (κ1) is 17.1. The minimum atomic E-state index is -0.292. The van der Waals surface area contributed by atoms with Gasteiger partial charge in [0.25, 0.3) is 0 Å². The second-order valence-corrected chi connectivity index (χ2v) is 7.04. The predicted molar refractivity (Wildman–Crippen MR) is 107 cm³/mol. The number of hydrogen-bond acceptors (Lipinski definition) is 1. The van der Waals surface area contributed by atoms with Gasteiger partial charge in [-0.05, 0) is 60.2 Å². The van der Waals surface area contributed by atoms with Crippen molar-refractivity contribution < 1.29 is 4.39 Å². The third-order valence-electron chi connectivity index (χ3n) is 4.56. The van der Waals surface area contributed by atoms with Gasteiger partial charge in [-0.3, -0.25) is 0 Å². The zero-order valence-electron chi connectivity index (χ0n) is 13.9. The third-order valence-corrected chi connectivity index (χ3v) is 5.15. The molecule has 0 saturated heterocycles. The molecule has 0 fully saturated rings. The first-order valence-electron chi connectivity index (χ1n) is 8.35. The van der Waals surface area contributed by atoms with Crippen molar-refractivity contribution in [3.63, 3.8) is 0 Å². The molecule has 0 radical (unpaired) electrons. The van der Waals surface area contributed by atoms with E-state index in [-0.39, 0.29) is 11.9 Å². The number of rotatable bonds is 2. The summed E-state index contributed by atoms with van der Waals surface area (Å²) < 4.78 is 15.7. The Kier molecular flexibility index (Phi) is 4.66. The fraction of sp³-hybridized carbons (Fsp3) is 0.150. The Morgan fingerprint density at radius 2 is 1.88 bits per heavy atom. The van der Waals surface area contributed by atoms with Crippen LogP contribution in [-0.2, 0) is 6.54 Å². The zero-order chi connectivity index (χ0) is 18.1. The molecule has 3 nitrogen and oxygen atoms in total. The van der Waals surface area contributed by atoms with E-state index in [4.69, 9.17) is 23.8 Å². The minimum absolute atomic E-state index is 0.0235. The third kappa shape index (κ3) is 3.32. The largest absolute Gasteiger partial charge is 0.348 e. The van der Waals surface area contributed by atoms with Gasteiger partial charge >= 0.3 is 0 Å². The molecule has 3 aromatic rings. The van der Waals surface area contributed by atoms with Gasteiger partial charge in [-0.25, -0.2) is 4.39 Å². The summed E-state index contributed by atoms with van der Waals surface area (Å²) in [5, 5.41) is 4.44. The molecule has 26 heavy (non-hydrogen) atoms. The minimum Gasteiger partial charge on any atom is -0.348 e. The van der Waals surface area contributed by atoms with Crippen LogP contribution in [0.3, 0.4) is 0 Å². The van der Waals surface area contributed by atoms with E-state index in [1.807, 2.05) is 30.3 Å². The monoisotopic (exact) mass is 385 g/mol. The van der Waals surface area contributed by atoms with E-state index in [2.05, 4.69) is 27.0 Å². The van der Waals surface area contributed by atoms with E-state index in [1.165, 1.54) is 17.8 Å². The second kappa shape index (κ2) is 7.09. The van der Waals surface area contributed by atoms with Crippen molar-refractivity contribution in [2.75, 3.05) is 11.9 Å². The maximum Gasteiger partial charge on any atom is 0.174 e. The average Bonchev–Trinajstić information content (AvgIpc) is 3.10. The van der Waals surface area contributed by atoms with Gasteiger partial charge in [-0.1, -0.05) is 29.8 Å². The molecular formula is C20H17ClFN3S. The van der Waals surface area contributed by atoms with Gasteiger partial charge < -0.3 is 14.8 Å². The quantitative estimate of drug-likeness (QED) is 0.621. The molecule has 1 aliphatic heterocycles. The molecule has 4 rings (SSSR count). The zero-order valence-corrected chi connectivity index (χ0v) is 15.5. The van der Waals surface area contributed by atoms with Crippen molar-refractivity contribution in [3.8, 4) is 0 Å². The molecule has 0 amide bonds. The summed E-state index contributed by atoms with van der Waals surface area (Å²) in [5.41, 5.74) is 2.92. The van der Waals surface area contributed by atoms with Gasteiger partial charge in [0.15, 0.2) is 5.11 Å². The number of fused-ring (bicyclic) bond motifs is 1. The van der Waals surface area contributed by atoms with Crippen molar-refractivity contribution in [2.24, 2.45) is 0 Å². The van der Waals surface area contributed by atoms with Crippen LogP contribution in [0.5, 0.6) is 0 Å². The molecule has 1 aromatic heterocycles. The van der Waals surface area contributed by atoms with E-state index in [1.54, 1.807) is 12.1 Å². The van der Waals surface area contributed by atoms with E-state index >= 15 is 0 Å². The summed E-state index contributed by atoms with van der Waals surface area (Å²) in [7, 11) is 0.